The van der Waals surface area contributed by atoms with Crippen molar-refractivity contribution >= 4 is 17.6 Å². The van der Waals surface area contributed by atoms with Gasteiger partial charge in [0.25, 0.3) is 5.91 Å². The maximum atomic E-state index is 12.6. The van der Waals surface area contributed by atoms with E-state index in [9.17, 15) is 9.59 Å². The first-order valence-corrected chi connectivity index (χ1v) is 8.99. The maximum Gasteiger partial charge on any atom is 0.305 e. The highest BCUT2D eigenvalue weighted by Crippen LogP contribution is 2.22. The van der Waals surface area contributed by atoms with Crippen LogP contribution in [0.1, 0.15) is 39.3 Å². The topological polar surface area (TPSA) is 102 Å². The third-order valence-corrected chi connectivity index (χ3v) is 4.65. The van der Waals surface area contributed by atoms with E-state index >= 15 is 0 Å². The zero-order valence-electron chi connectivity index (χ0n) is 16.1. The predicted molar refractivity (Wildman–Crippen MR) is 104 cm³/mol. The van der Waals surface area contributed by atoms with Gasteiger partial charge in [-0.3, -0.25) is 19.0 Å². The van der Waals surface area contributed by atoms with Crippen LogP contribution in [-0.4, -0.2) is 36.5 Å². The highest BCUT2D eigenvalue weighted by atomic mass is 16.4. The van der Waals surface area contributed by atoms with Crippen molar-refractivity contribution in [3.63, 3.8) is 0 Å². The summed E-state index contributed by atoms with van der Waals surface area (Å²) in [6, 6.07) is 8.13. The average Bonchev–Trinajstić information content (AvgIpc) is 3.22. The zero-order valence-corrected chi connectivity index (χ0v) is 16.1. The summed E-state index contributed by atoms with van der Waals surface area (Å²) in [5, 5.41) is 20.2. The number of amides is 1. The molecule has 2 N–H and O–H groups in total. The summed E-state index contributed by atoms with van der Waals surface area (Å²) < 4.78 is 3.33. The monoisotopic (exact) mass is 381 g/mol. The van der Waals surface area contributed by atoms with Crippen molar-refractivity contribution in [1.82, 2.24) is 19.6 Å². The molecule has 1 aromatic carbocycles. The summed E-state index contributed by atoms with van der Waals surface area (Å²) >= 11 is 0. The molecule has 0 bridgehead atoms. The summed E-state index contributed by atoms with van der Waals surface area (Å²) in [5.74, 6) is -1.21. The molecule has 0 radical (unpaired) electrons. The number of nitrogens with one attached hydrogen (secondary N) is 1. The molecular formula is C20H23N5O3. The molecule has 0 saturated heterocycles. The predicted octanol–water partition coefficient (Wildman–Crippen LogP) is 2.78. The first-order valence-electron chi connectivity index (χ1n) is 8.99. The number of carboxylic acid groups (broad SMARTS) is 1. The number of carbonyl (C=O) groups is 2. The molecule has 146 valence electrons. The van der Waals surface area contributed by atoms with Crippen LogP contribution < -0.4 is 5.32 Å². The van der Waals surface area contributed by atoms with Crippen LogP contribution in [-0.2, 0) is 17.9 Å². The molecule has 8 heteroatoms. The number of anilines is 1. The van der Waals surface area contributed by atoms with Crippen molar-refractivity contribution in [3.8, 4) is 0 Å². The van der Waals surface area contributed by atoms with Gasteiger partial charge in [0, 0.05) is 6.20 Å². The molecule has 0 fully saturated rings. The van der Waals surface area contributed by atoms with E-state index in [4.69, 9.17) is 5.11 Å². The second kappa shape index (κ2) is 8.08. The van der Waals surface area contributed by atoms with E-state index in [1.165, 1.54) is 22.0 Å². The molecule has 0 atom stereocenters. The Labute approximate surface area is 162 Å². The van der Waals surface area contributed by atoms with Gasteiger partial charge in [-0.15, -0.1) is 0 Å². The summed E-state index contributed by atoms with van der Waals surface area (Å²) in [7, 11) is 0. The van der Waals surface area contributed by atoms with Gasteiger partial charge >= 0.3 is 5.97 Å². The minimum Gasteiger partial charge on any atom is -0.481 e. The number of aryl methyl sites for hydroxylation is 3. The number of aromatic nitrogens is 4. The van der Waals surface area contributed by atoms with Crippen LogP contribution in [0.2, 0.25) is 0 Å². The number of carbonyl (C=O) groups excluding carboxylic acids is 1. The molecule has 2 heterocycles. The Morgan fingerprint density at radius 1 is 1.18 bits per heavy atom. The van der Waals surface area contributed by atoms with Crippen LogP contribution in [0.4, 0.5) is 5.69 Å². The molecule has 2 aromatic heterocycles. The molecule has 8 nitrogen and oxygen atoms in total. The van der Waals surface area contributed by atoms with Crippen molar-refractivity contribution in [2.45, 2.75) is 40.3 Å². The lowest BCUT2D eigenvalue weighted by molar-refractivity contribution is -0.137. The Hall–Kier alpha value is -3.42. The van der Waals surface area contributed by atoms with E-state index in [0.29, 0.717) is 17.8 Å². The third-order valence-electron chi connectivity index (χ3n) is 4.65. The van der Waals surface area contributed by atoms with Gasteiger partial charge in [-0.25, -0.2) is 0 Å². The summed E-state index contributed by atoms with van der Waals surface area (Å²) in [6.45, 7) is 6.68. The Balaban J connectivity index is 1.74. The van der Waals surface area contributed by atoms with E-state index in [0.717, 1.165) is 11.4 Å². The van der Waals surface area contributed by atoms with Gasteiger partial charge in [-0.1, -0.05) is 24.3 Å². The van der Waals surface area contributed by atoms with E-state index in [2.05, 4.69) is 34.6 Å². The van der Waals surface area contributed by atoms with Gasteiger partial charge in [-0.05, 0) is 31.9 Å². The van der Waals surface area contributed by atoms with Gasteiger partial charge < -0.3 is 10.4 Å². The molecule has 0 saturated carbocycles. The lowest BCUT2D eigenvalue weighted by Gasteiger charge is -2.08. The van der Waals surface area contributed by atoms with Crippen LogP contribution in [0.3, 0.4) is 0 Å². The van der Waals surface area contributed by atoms with Crippen LogP contribution >= 0.6 is 0 Å². The number of rotatable bonds is 7. The molecule has 28 heavy (non-hydrogen) atoms. The number of carboxylic acids is 1. The lowest BCUT2D eigenvalue weighted by atomic mass is 10.1. The van der Waals surface area contributed by atoms with Crippen molar-refractivity contribution in [2.75, 3.05) is 5.32 Å². The fourth-order valence-electron chi connectivity index (χ4n) is 2.98. The number of nitrogens with zero attached hydrogens (tertiary/aromatic N) is 4. The largest absolute Gasteiger partial charge is 0.481 e. The normalized spacial score (nSPS) is 10.8. The van der Waals surface area contributed by atoms with E-state index in [1.807, 2.05) is 30.7 Å². The van der Waals surface area contributed by atoms with E-state index < -0.39 is 5.97 Å². The number of benzene rings is 1. The second-order valence-corrected chi connectivity index (χ2v) is 6.72. The van der Waals surface area contributed by atoms with E-state index in [1.54, 1.807) is 6.20 Å². The van der Waals surface area contributed by atoms with Gasteiger partial charge in [0.05, 0.1) is 48.3 Å². The minimum absolute atomic E-state index is 0.0490. The fraction of sp³-hybridized carbons (Fsp3) is 0.300. The summed E-state index contributed by atoms with van der Waals surface area (Å²) in [4.78, 5) is 23.2. The molecule has 0 spiro atoms. The Morgan fingerprint density at radius 3 is 2.64 bits per heavy atom. The Morgan fingerprint density at radius 2 is 1.93 bits per heavy atom. The molecule has 0 aliphatic carbocycles. The van der Waals surface area contributed by atoms with Crippen molar-refractivity contribution in [1.29, 1.82) is 0 Å². The van der Waals surface area contributed by atoms with Gasteiger partial charge in [0.2, 0.25) is 0 Å². The van der Waals surface area contributed by atoms with Crippen molar-refractivity contribution in [3.05, 3.63) is 64.7 Å². The molecule has 1 amide bonds. The smallest absolute Gasteiger partial charge is 0.305 e. The number of hydrogen-bond donors (Lipinski definition) is 2. The van der Waals surface area contributed by atoms with Crippen LogP contribution in [0.5, 0.6) is 0 Å². The quantitative estimate of drug-likeness (QED) is 0.655. The Kier molecular flexibility index (Phi) is 5.58. The highest BCUT2D eigenvalue weighted by Gasteiger charge is 2.17. The molecule has 0 aliphatic rings. The molecular weight excluding hydrogens is 358 g/mol. The van der Waals surface area contributed by atoms with Crippen molar-refractivity contribution in [2.24, 2.45) is 0 Å². The van der Waals surface area contributed by atoms with Crippen molar-refractivity contribution < 1.29 is 14.7 Å². The fourth-order valence-corrected chi connectivity index (χ4v) is 2.98. The SMILES string of the molecule is Cc1ccccc1Cn1nc(C)c(NC(=O)c2cnn(CCC(=O)O)c2)c1C. The third kappa shape index (κ3) is 4.28. The Bertz CT molecular complexity index is 1020. The zero-order chi connectivity index (χ0) is 20.3. The second-order valence-electron chi connectivity index (χ2n) is 6.72. The minimum atomic E-state index is -0.909. The number of aliphatic carboxylic acids is 1. The average molecular weight is 381 g/mol. The van der Waals surface area contributed by atoms with Gasteiger partial charge in [-0.2, -0.15) is 10.2 Å². The molecule has 3 rings (SSSR count). The lowest BCUT2D eigenvalue weighted by Crippen LogP contribution is -2.13. The molecule has 0 aliphatic heterocycles. The van der Waals surface area contributed by atoms with E-state index in [-0.39, 0.29) is 18.9 Å². The molecule has 3 aromatic rings. The first kappa shape index (κ1) is 19.3. The van der Waals surface area contributed by atoms with Crippen LogP contribution in [0.25, 0.3) is 0 Å². The van der Waals surface area contributed by atoms with Crippen LogP contribution in [0.15, 0.2) is 36.7 Å². The first-order chi connectivity index (χ1) is 13.3. The molecule has 0 unspecified atom stereocenters. The van der Waals surface area contributed by atoms with Crippen LogP contribution in [0, 0.1) is 20.8 Å². The highest BCUT2D eigenvalue weighted by molar-refractivity contribution is 6.04. The number of hydrogen-bond acceptors (Lipinski definition) is 4. The summed E-state index contributed by atoms with van der Waals surface area (Å²) in [6.07, 6.45) is 2.92. The van der Waals surface area contributed by atoms with Gasteiger partial charge in [0.1, 0.15) is 0 Å². The maximum absolute atomic E-state index is 12.6. The summed E-state index contributed by atoms with van der Waals surface area (Å²) in [5.41, 5.74) is 5.01. The van der Waals surface area contributed by atoms with Gasteiger partial charge in [0.15, 0.2) is 0 Å². The standard InChI is InChI=1S/C20H23N5O3/c1-13-6-4-5-7-16(13)12-25-15(3)19(14(2)23-25)22-20(28)17-10-21-24(11-17)9-8-18(26)27/h4-7,10-11H,8-9,12H2,1-3H3,(H,22,28)(H,26,27).